The second-order valence-corrected chi connectivity index (χ2v) is 5.57. The Morgan fingerprint density at radius 2 is 1.96 bits per heavy atom. The van der Waals surface area contributed by atoms with E-state index in [0.717, 1.165) is 21.9 Å². The number of halogens is 2. The number of ether oxygens (including phenoxy) is 1. The van der Waals surface area contributed by atoms with Crippen LogP contribution in [0.1, 0.15) is 15.9 Å². The molecule has 5 heteroatoms. The fraction of sp³-hybridized carbons (Fsp3) is 0.111. The van der Waals surface area contributed by atoms with Crippen molar-refractivity contribution in [3.8, 4) is 11.3 Å². The number of aromatic nitrogens is 1. The van der Waals surface area contributed by atoms with Crippen molar-refractivity contribution in [2.24, 2.45) is 0 Å². The Morgan fingerprint density at radius 1 is 1.17 bits per heavy atom. The van der Waals surface area contributed by atoms with Crippen LogP contribution in [-0.2, 0) is 4.74 Å². The summed E-state index contributed by atoms with van der Waals surface area (Å²) in [7, 11) is 1.33. The summed E-state index contributed by atoms with van der Waals surface area (Å²) in [6.07, 6.45) is 1.56. The van der Waals surface area contributed by atoms with E-state index in [4.69, 9.17) is 16.3 Å². The van der Waals surface area contributed by atoms with Crippen molar-refractivity contribution in [3.05, 3.63) is 64.6 Å². The van der Waals surface area contributed by atoms with Crippen molar-refractivity contribution >= 4 is 28.3 Å². The Bertz CT molecular complexity index is 924. The van der Waals surface area contributed by atoms with Gasteiger partial charge in [0.25, 0.3) is 0 Å². The first-order valence-corrected chi connectivity index (χ1v) is 7.32. The maximum atomic E-state index is 13.4. The Hall–Kier alpha value is -2.46. The highest BCUT2D eigenvalue weighted by Crippen LogP contribution is 2.33. The van der Waals surface area contributed by atoms with Gasteiger partial charge in [0.15, 0.2) is 0 Å². The first-order valence-electron chi connectivity index (χ1n) is 6.94. The zero-order chi connectivity index (χ0) is 16.6. The number of fused-ring (bicyclic) bond motifs is 1. The van der Waals surface area contributed by atoms with E-state index < -0.39 is 5.97 Å². The number of benzene rings is 2. The average Bonchev–Trinajstić information content (AvgIpc) is 2.55. The molecule has 0 unspecified atom stereocenters. The minimum absolute atomic E-state index is 0.306. The molecule has 1 aromatic heterocycles. The molecule has 0 aliphatic rings. The lowest BCUT2D eigenvalue weighted by Gasteiger charge is -2.11. The zero-order valence-electron chi connectivity index (χ0n) is 12.6. The van der Waals surface area contributed by atoms with Gasteiger partial charge in [-0.1, -0.05) is 17.7 Å². The third kappa shape index (κ3) is 2.78. The highest BCUT2D eigenvalue weighted by atomic mass is 35.5. The molecular formula is C18H13ClFNO2. The fourth-order valence-corrected chi connectivity index (χ4v) is 2.77. The molecule has 0 bridgehead atoms. The van der Waals surface area contributed by atoms with E-state index in [2.05, 4.69) is 4.98 Å². The van der Waals surface area contributed by atoms with E-state index in [1.165, 1.54) is 19.2 Å². The summed E-state index contributed by atoms with van der Waals surface area (Å²) in [6, 6.07) is 9.61. The summed E-state index contributed by atoms with van der Waals surface area (Å²) < 4.78 is 18.1. The summed E-state index contributed by atoms with van der Waals surface area (Å²) >= 11 is 6.21. The van der Waals surface area contributed by atoms with Crippen LogP contribution in [0.25, 0.3) is 22.0 Å². The number of carbonyl (C=O) groups excluding carboxylic acids is 1. The molecule has 0 radical (unpaired) electrons. The van der Waals surface area contributed by atoms with Gasteiger partial charge in [-0.05, 0) is 42.8 Å². The molecule has 0 fully saturated rings. The van der Waals surface area contributed by atoms with Crippen LogP contribution in [0.15, 0.2) is 42.6 Å². The van der Waals surface area contributed by atoms with Crippen LogP contribution < -0.4 is 0 Å². The van der Waals surface area contributed by atoms with E-state index in [9.17, 15) is 9.18 Å². The second kappa shape index (κ2) is 5.97. The lowest BCUT2D eigenvalue weighted by molar-refractivity contribution is 0.0601. The largest absolute Gasteiger partial charge is 0.465 e. The second-order valence-electron chi connectivity index (χ2n) is 5.17. The van der Waals surface area contributed by atoms with Crippen molar-refractivity contribution in [1.29, 1.82) is 0 Å². The number of methoxy groups -OCH3 is 1. The van der Waals surface area contributed by atoms with Crippen LogP contribution in [-0.4, -0.2) is 18.1 Å². The number of nitrogens with zero attached hydrogens (tertiary/aromatic N) is 1. The Labute approximate surface area is 137 Å². The summed E-state index contributed by atoms with van der Waals surface area (Å²) in [4.78, 5) is 16.2. The van der Waals surface area contributed by atoms with Crippen LogP contribution in [0.4, 0.5) is 4.39 Å². The number of pyridine rings is 1. The topological polar surface area (TPSA) is 39.2 Å². The van der Waals surface area contributed by atoms with Gasteiger partial charge in [0.1, 0.15) is 5.82 Å². The van der Waals surface area contributed by atoms with E-state index in [-0.39, 0.29) is 5.82 Å². The summed E-state index contributed by atoms with van der Waals surface area (Å²) in [5, 5.41) is 1.98. The van der Waals surface area contributed by atoms with Crippen molar-refractivity contribution in [3.63, 3.8) is 0 Å². The molecule has 116 valence electrons. The molecule has 0 saturated carbocycles. The summed E-state index contributed by atoms with van der Waals surface area (Å²) in [5.74, 6) is -0.742. The number of hydrogen-bond donors (Lipinski definition) is 0. The highest BCUT2D eigenvalue weighted by molar-refractivity contribution is 6.35. The van der Waals surface area contributed by atoms with Crippen molar-refractivity contribution < 1.29 is 13.9 Å². The van der Waals surface area contributed by atoms with Gasteiger partial charge in [-0.2, -0.15) is 0 Å². The predicted molar refractivity (Wildman–Crippen MR) is 88.2 cm³/mol. The van der Waals surface area contributed by atoms with Gasteiger partial charge < -0.3 is 4.74 Å². The molecule has 3 nitrogen and oxygen atoms in total. The van der Waals surface area contributed by atoms with Crippen LogP contribution in [0.2, 0.25) is 5.02 Å². The lowest BCUT2D eigenvalue weighted by atomic mass is 9.98. The maximum Gasteiger partial charge on any atom is 0.337 e. The molecule has 0 saturated heterocycles. The molecule has 3 aromatic rings. The van der Waals surface area contributed by atoms with Crippen molar-refractivity contribution in [1.82, 2.24) is 4.98 Å². The lowest BCUT2D eigenvalue weighted by Crippen LogP contribution is -2.01. The third-order valence-electron chi connectivity index (χ3n) is 3.70. The Morgan fingerprint density at radius 3 is 2.65 bits per heavy atom. The van der Waals surface area contributed by atoms with Gasteiger partial charge in [0.05, 0.1) is 23.4 Å². The van der Waals surface area contributed by atoms with E-state index in [1.807, 2.05) is 6.92 Å². The first-order chi connectivity index (χ1) is 11.0. The monoisotopic (exact) mass is 329 g/mol. The minimum Gasteiger partial charge on any atom is -0.465 e. The highest BCUT2D eigenvalue weighted by Gasteiger charge is 2.14. The van der Waals surface area contributed by atoms with Crippen LogP contribution in [0.5, 0.6) is 0 Å². The van der Waals surface area contributed by atoms with Gasteiger partial charge >= 0.3 is 5.97 Å². The van der Waals surface area contributed by atoms with E-state index in [1.54, 1.807) is 30.5 Å². The molecule has 0 N–H and O–H groups in total. The van der Waals surface area contributed by atoms with Crippen LogP contribution >= 0.6 is 11.6 Å². The van der Waals surface area contributed by atoms with Crippen LogP contribution in [0.3, 0.4) is 0 Å². The molecule has 0 amide bonds. The quantitative estimate of drug-likeness (QED) is 0.634. The average molecular weight is 330 g/mol. The first kappa shape index (κ1) is 15.4. The number of esters is 1. The van der Waals surface area contributed by atoms with Gasteiger partial charge in [-0.15, -0.1) is 0 Å². The molecule has 23 heavy (non-hydrogen) atoms. The SMILES string of the molecule is COC(=O)c1ccc2c(Cl)cnc(-c3ccc(F)cc3C)c2c1. The molecule has 0 spiro atoms. The van der Waals surface area contributed by atoms with Crippen molar-refractivity contribution in [2.75, 3.05) is 7.11 Å². The Balaban J connectivity index is 2.31. The van der Waals surface area contributed by atoms with Crippen molar-refractivity contribution in [2.45, 2.75) is 6.92 Å². The van der Waals surface area contributed by atoms with Gasteiger partial charge in [-0.25, -0.2) is 9.18 Å². The molecular weight excluding hydrogens is 317 g/mol. The van der Waals surface area contributed by atoms with Gasteiger partial charge in [-0.3, -0.25) is 4.98 Å². The number of aryl methyl sites for hydroxylation is 1. The number of hydrogen-bond acceptors (Lipinski definition) is 3. The molecule has 0 aliphatic heterocycles. The van der Waals surface area contributed by atoms with Gasteiger partial charge in [0.2, 0.25) is 0 Å². The third-order valence-corrected chi connectivity index (χ3v) is 4.00. The zero-order valence-corrected chi connectivity index (χ0v) is 13.3. The Kier molecular flexibility index (Phi) is 4.01. The van der Waals surface area contributed by atoms with Gasteiger partial charge in [0, 0.05) is 22.5 Å². The standard InChI is InChI=1S/C18H13ClFNO2/c1-10-7-12(20)4-6-13(10)17-15-8-11(18(22)23-2)3-5-14(15)16(19)9-21-17/h3-9H,1-2H3. The minimum atomic E-state index is -0.436. The normalized spacial score (nSPS) is 10.8. The molecule has 0 atom stereocenters. The summed E-state index contributed by atoms with van der Waals surface area (Å²) in [6.45, 7) is 1.81. The molecule has 1 heterocycles. The number of rotatable bonds is 2. The molecule has 0 aliphatic carbocycles. The fourth-order valence-electron chi connectivity index (χ4n) is 2.56. The smallest absolute Gasteiger partial charge is 0.337 e. The maximum absolute atomic E-state index is 13.4. The molecule has 3 rings (SSSR count). The summed E-state index contributed by atoms with van der Waals surface area (Å²) in [5.41, 5.74) is 2.59. The molecule has 2 aromatic carbocycles. The number of carbonyl (C=O) groups is 1. The van der Waals surface area contributed by atoms with E-state index >= 15 is 0 Å². The van der Waals surface area contributed by atoms with E-state index in [0.29, 0.717) is 16.3 Å². The predicted octanol–water partition coefficient (Wildman–Crippen LogP) is 4.79. The van der Waals surface area contributed by atoms with Crippen LogP contribution in [0, 0.1) is 12.7 Å².